The van der Waals surface area contributed by atoms with Crippen LogP contribution in [0.3, 0.4) is 0 Å². The molecule has 6 heteroatoms. The molecule has 0 bridgehead atoms. The zero-order valence-corrected chi connectivity index (χ0v) is 10.7. The molecule has 0 aliphatic carbocycles. The van der Waals surface area contributed by atoms with Gasteiger partial charge >= 0.3 is 0 Å². The Balaban J connectivity index is 1.76. The minimum atomic E-state index is -0.0340. The molecule has 1 aliphatic rings. The number of carbonyl (C=O) groups excluding carboxylic acids is 1. The number of nitrogens with one attached hydrogen (secondary N) is 1. The molecule has 1 fully saturated rings. The lowest BCUT2D eigenvalue weighted by molar-refractivity contribution is 0.0342. The number of thiazole rings is 1. The second kappa shape index (κ2) is 6.09. The van der Waals surface area contributed by atoms with Gasteiger partial charge in [0.1, 0.15) is 4.88 Å². The van der Waals surface area contributed by atoms with Crippen molar-refractivity contribution in [2.45, 2.75) is 13.0 Å². The van der Waals surface area contributed by atoms with Gasteiger partial charge in [0.2, 0.25) is 0 Å². The Morgan fingerprint density at radius 3 is 3.06 bits per heavy atom. The molecule has 1 aromatic heterocycles. The summed E-state index contributed by atoms with van der Waals surface area (Å²) in [5.41, 5.74) is 1.67. The lowest BCUT2D eigenvalue weighted by atomic mass is 10.3. The van der Waals surface area contributed by atoms with Crippen LogP contribution in [0.25, 0.3) is 0 Å². The van der Waals surface area contributed by atoms with Crippen molar-refractivity contribution < 1.29 is 9.53 Å². The molecule has 94 valence electrons. The van der Waals surface area contributed by atoms with Crippen LogP contribution in [-0.4, -0.2) is 54.7 Å². The maximum absolute atomic E-state index is 11.8. The molecule has 0 saturated carbocycles. The number of carbonyl (C=O) groups is 1. The summed E-state index contributed by atoms with van der Waals surface area (Å²) in [6.07, 6.45) is 1.60. The molecule has 5 nitrogen and oxygen atoms in total. The monoisotopic (exact) mass is 255 g/mol. The second-order valence-electron chi connectivity index (χ2n) is 4.15. The van der Waals surface area contributed by atoms with Gasteiger partial charge in [-0.2, -0.15) is 0 Å². The van der Waals surface area contributed by atoms with Crippen LogP contribution in [0, 0.1) is 0 Å². The van der Waals surface area contributed by atoms with Crippen LogP contribution in [0.2, 0.25) is 0 Å². The van der Waals surface area contributed by atoms with Gasteiger partial charge in [-0.3, -0.25) is 14.7 Å². The highest BCUT2D eigenvalue weighted by molar-refractivity contribution is 7.11. The summed E-state index contributed by atoms with van der Waals surface area (Å²) < 4.78 is 5.29. The van der Waals surface area contributed by atoms with Gasteiger partial charge in [0.05, 0.1) is 24.9 Å². The van der Waals surface area contributed by atoms with Crippen molar-refractivity contribution in [2.75, 3.05) is 32.8 Å². The molecule has 17 heavy (non-hydrogen) atoms. The van der Waals surface area contributed by atoms with Crippen LogP contribution in [0.1, 0.15) is 16.6 Å². The molecule has 1 saturated heterocycles. The van der Waals surface area contributed by atoms with Gasteiger partial charge in [0, 0.05) is 25.7 Å². The van der Waals surface area contributed by atoms with Crippen LogP contribution in [-0.2, 0) is 4.74 Å². The van der Waals surface area contributed by atoms with E-state index < -0.39 is 0 Å². The highest BCUT2D eigenvalue weighted by atomic mass is 32.1. The zero-order valence-electron chi connectivity index (χ0n) is 9.89. The summed E-state index contributed by atoms with van der Waals surface area (Å²) in [7, 11) is 0. The maximum Gasteiger partial charge on any atom is 0.263 e. The van der Waals surface area contributed by atoms with E-state index in [4.69, 9.17) is 4.74 Å². The second-order valence-corrected chi connectivity index (χ2v) is 5.04. The SMILES string of the molecule is CC(CN1CCOCC1)NC(=O)c1cncs1. The predicted octanol–water partition coefficient (Wildman–Crippen LogP) is 0.594. The molecular weight excluding hydrogens is 238 g/mol. The molecule has 0 radical (unpaired) electrons. The standard InChI is InChI=1S/C11H17N3O2S/c1-9(7-14-2-4-16-5-3-14)13-11(15)10-6-12-8-17-10/h6,8-9H,2-5,7H2,1H3,(H,13,15). The van der Waals surface area contributed by atoms with Crippen molar-refractivity contribution in [3.8, 4) is 0 Å². The van der Waals surface area contributed by atoms with Crippen LogP contribution in [0.15, 0.2) is 11.7 Å². The molecule has 1 unspecified atom stereocenters. The fourth-order valence-electron chi connectivity index (χ4n) is 1.84. The average Bonchev–Trinajstić information content (AvgIpc) is 2.83. The summed E-state index contributed by atoms with van der Waals surface area (Å²) in [6.45, 7) is 6.36. The quantitative estimate of drug-likeness (QED) is 0.856. The molecule has 1 N–H and O–H groups in total. The van der Waals surface area contributed by atoms with E-state index in [1.807, 2.05) is 6.92 Å². The number of nitrogens with zero attached hydrogens (tertiary/aromatic N) is 2. The average molecular weight is 255 g/mol. The van der Waals surface area contributed by atoms with Gasteiger partial charge in [-0.25, -0.2) is 0 Å². The van der Waals surface area contributed by atoms with Gasteiger partial charge in [0.25, 0.3) is 5.91 Å². The third kappa shape index (κ3) is 3.76. The minimum absolute atomic E-state index is 0.0340. The Morgan fingerprint density at radius 2 is 2.41 bits per heavy atom. The Bertz CT molecular complexity index is 350. The highest BCUT2D eigenvalue weighted by Gasteiger charge is 2.16. The Kier molecular flexibility index (Phi) is 4.47. The van der Waals surface area contributed by atoms with E-state index in [2.05, 4.69) is 15.2 Å². The fraction of sp³-hybridized carbons (Fsp3) is 0.636. The Hall–Kier alpha value is -0.980. The number of amides is 1. The molecule has 1 amide bonds. The van der Waals surface area contributed by atoms with E-state index in [1.54, 1.807) is 11.7 Å². The van der Waals surface area contributed by atoms with Crippen molar-refractivity contribution in [1.29, 1.82) is 0 Å². The molecule has 1 atom stereocenters. The van der Waals surface area contributed by atoms with Gasteiger partial charge in [0.15, 0.2) is 0 Å². The first kappa shape index (κ1) is 12.5. The highest BCUT2D eigenvalue weighted by Crippen LogP contribution is 2.05. The number of rotatable bonds is 4. The molecule has 0 spiro atoms. The van der Waals surface area contributed by atoms with Crippen molar-refractivity contribution in [3.63, 3.8) is 0 Å². The van der Waals surface area contributed by atoms with Crippen molar-refractivity contribution in [2.24, 2.45) is 0 Å². The van der Waals surface area contributed by atoms with E-state index in [-0.39, 0.29) is 11.9 Å². The van der Waals surface area contributed by atoms with Crippen molar-refractivity contribution in [3.05, 3.63) is 16.6 Å². The number of morpholine rings is 1. The molecule has 0 aromatic carbocycles. The first-order chi connectivity index (χ1) is 8.25. The summed E-state index contributed by atoms with van der Waals surface area (Å²) in [4.78, 5) is 18.6. The summed E-state index contributed by atoms with van der Waals surface area (Å²) in [5.74, 6) is -0.0340. The molecular formula is C11H17N3O2S. The Morgan fingerprint density at radius 1 is 1.65 bits per heavy atom. The summed E-state index contributed by atoms with van der Waals surface area (Å²) >= 11 is 1.36. The normalized spacial score (nSPS) is 18.9. The third-order valence-corrected chi connectivity index (χ3v) is 3.44. The lowest BCUT2D eigenvalue weighted by Crippen LogP contribution is -2.45. The van der Waals surface area contributed by atoms with Crippen molar-refractivity contribution >= 4 is 17.2 Å². The lowest BCUT2D eigenvalue weighted by Gasteiger charge is -2.29. The van der Waals surface area contributed by atoms with Gasteiger partial charge in [-0.05, 0) is 6.92 Å². The largest absolute Gasteiger partial charge is 0.379 e. The summed E-state index contributed by atoms with van der Waals surface area (Å²) in [6, 6.07) is 0.141. The van der Waals surface area contributed by atoms with E-state index in [1.165, 1.54) is 11.3 Å². The zero-order chi connectivity index (χ0) is 12.1. The number of hydrogen-bond donors (Lipinski definition) is 1. The molecule has 1 aromatic rings. The molecule has 2 heterocycles. The van der Waals surface area contributed by atoms with Crippen molar-refractivity contribution in [1.82, 2.24) is 15.2 Å². The van der Waals surface area contributed by atoms with E-state index in [9.17, 15) is 4.79 Å². The first-order valence-corrected chi connectivity index (χ1v) is 6.63. The minimum Gasteiger partial charge on any atom is -0.379 e. The number of hydrogen-bond acceptors (Lipinski definition) is 5. The molecule has 1 aliphatic heterocycles. The van der Waals surface area contributed by atoms with Gasteiger partial charge in [-0.1, -0.05) is 0 Å². The van der Waals surface area contributed by atoms with Gasteiger partial charge in [-0.15, -0.1) is 11.3 Å². The van der Waals surface area contributed by atoms with Crippen LogP contribution >= 0.6 is 11.3 Å². The van der Waals surface area contributed by atoms with Gasteiger partial charge < -0.3 is 10.1 Å². The molecule has 2 rings (SSSR count). The van der Waals surface area contributed by atoms with Crippen LogP contribution in [0.4, 0.5) is 0 Å². The smallest absolute Gasteiger partial charge is 0.263 e. The number of ether oxygens (including phenoxy) is 1. The van der Waals surface area contributed by atoms with Crippen LogP contribution in [0.5, 0.6) is 0 Å². The Labute approximate surface area is 105 Å². The third-order valence-electron chi connectivity index (χ3n) is 2.67. The van der Waals surface area contributed by atoms with E-state index in [0.29, 0.717) is 4.88 Å². The van der Waals surface area contributed by atoms with E-state index >= 15 is 0 Å². The van der Waals surface area contributed by atoms with Crippen LogP contribution < -0.4 is 5.32 Å². The topological polar surface area (TPSA) is 54.5 Å². The fourth-order valence-corrected chi connectivity index (χ4v) is 2.36. The van der Waals surface area contributed by atoms with E-state index in [0.717, 1.165) is 32.8 Å². The number of aromatic nitrogens is 1. The maximum atomic E-state index is 11.8. The first-order valence-electron chi connectivity index (χ1n) is 5.75. The predicted molar refractivity (Wildman–Crippen MR) is 66.3 cm³/mol. The summed E-state index contributed by atoms with van der Waals surface area (Å²) in [5, 5.41) is 2.98.